The molecule has 1 N–H and O–H groups in total. The molecule has 0 fully saturated rings. The first kappa shape index (κ1) is 14.3. The SMILES string of the molecule is C=CC(=O)O.Cc1ccccc1.Cl. The van der Waals surface area contributed by atoms with Crippen molar-refractivity contribution in [2.45, 2.75) is 6.92 Å². The second kappa shape index (κ2) is 8.81. The Kier molecular flexibility index (Phi) is 9.66. The van der Waals surface area contributed by atoms with Gasteiger partial charge in [-0.15, -0.1) is 12.4 Å². The molecule has 0 aliphatic rings. The monoisotopic (exact) mass is 200 g/mol. The lowest BCUT2D eigenvalue weighted by atomic mass is 10.2. The van der Waals surface area contributed by atoms with Crippen LogP contribution in [0, 0.1) is 6.92 Å². The smallest absolute Gasteiger partial charge is 0.327 e. The van der Waals surface area contributed by atoms with Crippen molar-refractivity contribution < 1.29 is 9.90 Å². The fourth-order valence-corrected chi connectivity index (χ4v) is 0.534. The molecule has 1 aromatic carbocycles. The van der Waals surface area contributed by atoms with Gasteiger partial charge in [0.15, 0.2) is 0 Å². The zero-order valence-corrected chi connectivity index (χ0v) is 8.25. The van der Waals surface area contributed by atoms with Gasteiger partial charge in [-0.2, -0.15) is 0 Å². The zero-order chi connectivity index (χ0) is 9.40. The molecule has 0 spiro atoms. The molecule has 0 aliphatic heterocycles. The van der Waals surface area contributed by atoms with Crippen LogP contribution in [0.2, 0.25) is 0 Å². The summed E-state index contributed by atoms with van der Waals surface area (Å²) in [7, 11) is 0. The number of rotatable bonds is 1. The van der Waals surface area contributed by atoms with Crippen molar-refractivity contribution in [2.75, 3.05) is 0 Å². The highest BCUT2D eigenvalue weighted by Crippen LogP contribution is 1.92. The number of aryl methyl sites for hydroxylation is 1. The Labute approximate surface area is 84.3 Å². The molecule has 13 heavy (non-hydrogen) atoms. The normalized spacial score (nSPS) is 7.15. The molecule has 0 aliphatic carbocycles. The van der Waals surface area contributed by atoms with E-state index in [1.54, 1.807) is 0 Å². The predicted octanol–water partition coefficient (Wildman–Crippen LogP) is 2.67. The number of aliphatic carboxylic acids is 1. The molecule has 0 radical (unpaired) electrons. The van der Waals surface area contributed by atoms with Crippen molar-refractivity contribution in [3.05, 3.63) is 48.6 Å². The van der Waals surface area contributed by atoms with Gasteiger partial charge in [-0.1, -0.05) is 42.5 Å². The highest BCUT2D eigenvalue weighted by Gasteiger charge is 1.73. The van der Waals surface area contributed by atoms with E-state index in [9.17, 15) is 4.79 Å². The number of carbonyl (C=O) groups is 1. The van der Waals surface area contributed by atoms with E-state index in [2.05, 4.69) is 25.6 Å². The third-order valence-corrected chi connectivity index (χ3v) is 1.12. The Morgan fingerprint density at radius 1 is 1.38 bits per heavy atom. The van der Waals surface area contributed by atoms with Crippen molar-refractivity contribution in [1.82, 2.24) is 0 Å². The zero-order valence-electron chi connectivity index (χ0n) is 7.43. The topological polar surface area (TPSA) is 37.3 Å². The maximum absolute atomic E-state index is 9.25. The highest BCUT2D eigenvalue weighted by atomic mass is 35.5. The lowest BCUT2D eigenvalue weighted by Crippen LogP contribution is -1.82. The summed E-state index contributed by atoms with van der Waals surface area (Å²) in [5.41, 5.74) is 1.32. The molecule has 0 aromatic heterocycles. The molecular weight excluding hydrogens is 188 g/mol. The van der Waals surface area contributed by atoms with Crippen LogP contribution in [0.3, 0.4) is 0 Å². The third kappa shape index (κ3) is 10.7. The van der Waals surface area contributed by atoms with Gasteiger partial charge >= 0.3 is 5.97 Å². The maximum Gasteiger partial charge on any atom is 0.327 e. The van der Waals surface area contributed by atoms with Crippen molar-refractivity contribution in [2.24, 2.45) is 0 Å². The molecule has 1 aromatic rings. The third-order valence-electron chi connectivity index (χ3n) is 1.12. The van der Waals surface area contributed by atoms with Gasteiger partial charge in [-0.25, -0.2) is 4.79 Å². The van der Waals surface area contributed by atoms with Crippen LogP contribution in [0.5, 0.6) is 0 Å². The summed E-state index contributed by atoms with van der Waals surface area (Å²) in [6.07, 6.45) is 0.833. The lowest BCUT2D eigenvalue weighted by Gasteiger charge is -1.82. The van der Waals surface area contributed by atoms with Gasteiger partial charge in [0.05, 0.1) is 0 Å². The summed E-state index contributed by atoms with van der Waals surface area (Å²) in [4.78, 5) is 9.25. The number of benzene rings is 1. The molecule has 0 saturated carbocycles. The molecule has 0 heterocycles. The molecule has 0 atom stereocenters. The number of halogens is 1. The van der Waals surface area contributed by atoms with E-state index in [4.69, 9.17) is 5.11 Å². The fraction of sp³-hybridized carbons (Fsp3) is 0.100. The van der Waals surface area contributed by atoms with Gasteiger partial charge in [0.25, 0.3) is 0 Å². The summed E-state index contributed by atoms with van der Waals surface area (Å²) in [5, 5.41) is 7.60. The van der Waals surface area contributed by atoms with Crippen LogP contribution in [0.15, 0.2) is 43.0 Å². The summed E-state index contributed by atoms with van der Waals surface area (Å²) >= 11 is 0. The Bertz CT molecular complexity index is 244. The van der Waals surface area contributed by atoms with E-state index >= 15 is 0 Å². The first-order chi connectivity index (χ1) is 5.66. The Morgan fingerprint density at radius 2 is 1.77 bits per heavy atom. The van der Waals surface area contributed by atoms with Gasteiger partial charge in [0.1, 0.15) is 0 Å². The van der Waals surface area contributed by atoms with Crippen molar-refractivity contribution in [3.63, 3.8) is 0 Å². The molecule has 0 bridgehead atoms. The molecule has 1 rings (SSSR count). The first-order valence-corrected chi connectivity index (χ1v) is 3.54. The highest BCUT2D eigenvalue weighted by molar-refractivity contribution is 5.85. The quantitative estimate of drug-likeness (QED) is 0.708. The summed E-state index contributed by atoms with van der Waals surface area (Å²) in [6, 6.07) is 10.3. The van der Waals surface area contributed by atoms with E-state index in [1.807, 2.05) is 18.2 Å². The van der Waals surface area contributed by atoms with Gasteiger partial charge in [0, 0.05) is 6.08 Å². The Morgan fingerprint density at radius 3 is 1.92 bits per heavy atom. The van der Waals surface area contributed by atoms with Crippen LogP contribution in [0.25, 0.3) is 0 Å². The van der Waals surface area contributed by atoms with Gasteiger partial charge in [0.2, 0.25) is 0 Å². The maximum atomic E-state index is 9.25. The minimum Gasteiger partial charge on any atom is -0.478 e. The molecule has 0 amide bonds. The van der Waals surface area contributed by atoms with Crippen molar-refractivity contribution >= 4 is 18.4 Å². The summed E-state index contributed by atoms with van der Waals surface area (Å²) in [5.74, 6) is -0.981. The lowest BCUT2D eigenvalue weighted by molar-refractivity contribution is -0.131. The summed E-state index contributed by atoms with van der Waals surface area (Å²) < 4.78 is 0. The van der Waals surface area contributed by atoms with Gasteiger partial charge in [-0.3, -0.25) is 0 Å². The average molecular weight is 201 g/mol. The Hall–Kier alpha value is -1.28. The van der Waals surface area contributed by atoms with E-state index < -0.39 is 5.97 Å². The molecule has 0 saturated heterocycles. The van der Waals surface area contributed by atoms with Crippen LogP contribution in [0.1, 0.15) is 5.56 Å². The number of hydrogen-bond donors (Lipinski definition) is 1. The number of carboxylic acid groups (broad SMARTS) is 1. The number of carboxylic acids is 1. The van der Waals surface area contributed by atoms with Crippen molar-refractivity contribution in [3.8, 4) is 0 Å². The van der Waals surface area contributed by atoms with E-state index in [0.717, 1.165) is 6.08 Å². The van der Waals surface area contributed by atoms with Gasteiger partial charge in [-0.05, 0) is 6.92 Å². The molecule has 0 unspecified atom stereocenters. The minimum absolute atomic E-state index is 0. The van der Waals surface area contributed by atoms with Crippen LogP contribution in [-0.4, -0.2) is 11.1 Å². The molecule has 72 valence electrons. The second-order valence-corrected chi connectivity index (χ2v) is 2.20. The molecule has 3 heteroatoms. The van der Waals surface area contributed by atoms with Crippen LogP contribution < -0.4 is 0 Å². The largest absolute Gasteiger partial charge is 0.478 e. The van der Waals surface area contributed by atoms with E-state index in [-0.39, 0.29) is 12.4 Å². The molecule has 2 nitrogen and oxygen atoms in total. The predicted molar refractivity (Wildman–Crippen MR) is 56.3 cm³/mol. The van der Waals surface area contributed by atoms with Crippen LogP contribution >= 0.6 is 12.4 Å². The average Bonchev–Trinajstić information content (AvgIpc) is 2.07. The fourth-order valence-electron chi connectivity index (χ4n) is 0.534. The van der Waals surface area contributed by atoms with Crippen molar-refractivity contribution in [1.29, 1.82) is 0 Å². The number of hydrogen-bond acceptors (Lipinski definition) is 1. The van der Waals surface area contributed by atoms with Crippen LogP contribution in [0.4, 0.5) is 0 Å². The van der Waals surface area contributed by atoms with E-state index in [0.29, 0.717) is 0 Å². The minimum atomic E-state index is -0.981. The summed E-state index contributed by atoms with van der Waals surface area (Å²) in [6.45, 7) is 5.04. The Balaban J connectivity index is 0. The second-order valence-electron chi connectivity index (χ2n) is 2.20. The molecular formula is C10H13ClO2. The first-order valence-electron chi connectivity index (χ1n) is 3.54. The van der Waals surface area contributed by atoms with Crippen LogP contribution in [-0.2, 0) is 4.79 Å². The van der Waals surface area contributed by atoms with Gasteiger partial charge < -0.3 is 5.11 Å². The van der Waals surface area contributed by atoms with E-state index in [1.165, 1.54) is 5.56 Å². The standard InChI is InChI=1S/C7H8.C3H4O2.ClH/c1-7-5-3-2-4-6-7;1-2-3(4)5;/h2-6H,1H3;2H,1H2,(H,4,5);1H.